The number of likely N-dealkylation sites (tertiary alicyclic amines) is 2. The Morgan fingerprint density at radius 1 is 0.770 bits per heavy atom. The van der Waals surface area contributed by atoms with Crippen LogP contribution in [0.25, 0.3) is 22.5 Å². The fourth-order valence-electron chi connectivity index (χ4n) is 7.06. The Bertz CT molecular complexity index is 2490. The number of rotatable bonds is 5. The highest BCUT2D eigenvalue weighted by molar-refractivity contribution is 5.92. The van der Waals surface area contributed by atoms with Crippen molar-refractivity contribution in [2.24, 2.45) is 5.73 Å². The lowest BCUT2D eigenvalue weighted by molar-refractivity contribution is -0.138. The van der Waals surface area contributed by atoms with Gasteiger partial charge in [-0.1, -0.05) is 35.8 Å². The number of likely N-dealkylation sites (N-methyl/N-ethyl adjacent to an activating group) is 2. The molecule has 2 saturated heterocycles. The number of esters is 1. The van der Waals surface area contributed by atoms with E-state index in [0.717, 1.165) is 31.1 Å². The van der Waals surface area contributed by atoms with Crippen LogP contribution in [0.5, 0.6) is 11.5 Å². The van der Waals surface area contributed by atoms with Gasteiger partial charge < -0.3 is 51.2 Å². The lowest BCUT2D eigenvalue weighted by Crippen LogP contribution is -2.37. The summed E-state index contributed by atoms with van der Waals surface area (Å²) in [6, 6.07) is 17.5. The number of fused-ring (bicyclic) bond motifs is 2. The number of primary amides is 1. The van der Waals surface area contributed by atoms with E-state index in [-0.39, 0.29) is 48.8 Å². The second-order valence-electron chi connectivity index (χ2n) is 14.3. The molecule has 0 saturated carbocycles. The number of hydrogen-bond donors (Lipinski definition) is 5. The minimum atomic E-state index is -1.66. The van der Waals surface area contributed by atoms with Gasteiger partial charge >= 0.3 is 5.97 Å². The van der Waals surface area contributed by atoms with Crippen LogP contribution in [0.4, 0.5) is 0 Å². The van der Waals surface area contributed by atoms with Crippen molar-refractivity contribution in [1.29, 1.82) is 0 Å². The molecule has 0 unspecified atom stereocenters. The van der Waals surface area contributed by atoms with Crippen molar-refractivity contribution >= 4 is 23.7 Å². The zero-order valence-electron chi connectivity index (χ0n) is 34.4. The number of pyridine rings is 2. The molecule has 2 aromatic heterocycles. The predicted octanol–water partition coefficient (Wildman–Crippen LogP) is 2.30. The zero-order valence-corrected chi connectivity index (χ0v) is 34.4. The summed E-state index contributed by atoms with van der Waals surface area (Å²) in [6.07, 6.45) is 2.00. The molecule has 4 aliphatic rings. The number of carbonyl (C=O) groups is 4. The molecule has 0 bridgehead atoms. The van der Waals surface area contributed by atoms with E-state index >= 15 is 0 Å². The highest BCUT2D eigenvalue weighted by atomic mass is 16.5. The molecule has 16 heteroatoms. The monoisotopic (exact) mass is 832 g/mol. The normalized spacial score (nSPS) is 19.1. The zero-order chi connectivity index (χ0) is 43.2. The first-order valence-corrected chi connectivity index (χ1v) is 19.3. The number of nitrogens with two attached hydrogens (primary N) is 1. The minimum absolute atomic E-state index is 0. The summed E-state index contributed by atoms with van der Waals surface area (Å²) in [4.78, 5) is 59.5. The molecule has 3 amide bonds. The average Bonchev–Trinajstić information content (AvgIpc) is 4.05. The van der Waals surface area contributed by atoms with Gasteiger partial charge in [-0.25, -0.2) is 14.8 Å². The highest BCUT2D eigenvalue weighted by Crippen LogP contribution is 2.39. The number of aromatic nitrogens is 2. The van der Waals surface area contributed by atoms with E-state index in [0.29, 0.717) is 71.4 Å². The van der Waals surface area contributed by atoms with Crippen molar-refractivity contribution in [3.63, 3.8) is 0 Å². The third-order valence-corrected chi connectivity index (χ3v) is 10.2. The van der Waals surface area contributed by atoms with Gasteiger partial charge in [0.15, 0.2) is 0 Å². The summed E-state index contributed by atoms with van der Waals surface area (Å²) in [5.41, 5.74) is 8.15. The van der Waals surface area contributed by atoms with Gasteiger partial charge in [0.25, 0.3) is 17.7 Å². The topological polar surface area (TPSA) is 250 Å². The third kappa shape index (κ3) is 9.64. The quantitative estimate of drug-likeness (QED) is 0.143. The van der Waals surface area contributed by atoms with E-state index in [2.05, 4.69) is 33.6 Å². The van der Waals surface area contributed by atoms with E-state index < -0.39 is 23.1 Å². The van der Waals surface area contributed by atoms with Gasteiger partial charge in [-0.2, -0.15) is 0 Å². The first kappa shape index (κ1) is 45.3. The van der Waals surface area contributed by atoms with Crippen molar-refractivity contribution in [2.45, 2.75) is 43.8 Å². The molecule has 0 aliphatic carbocycles. The van der Waals surface area contributed by atoms with Crippen LogP contribution in [0.3, 0.4) is 0 Å². The Morgan fingerprint density at radius 2 is 1.21 bits per heavy atom. The van der Waals surface area contributed by atoms with Crippen molar-refractivity contribution in [3.8, 4) is 57.7 Å². The maximum Gasteiger partial charge on any atom is 0.356 e. The predicted molar refractivity (Wildman–Crippen MR) is 224 cm³/mol. The van der Waals surface area contributed by atoms with Crippen LogP contribution in [0.15, 0.2) is 60.7 Å². The molecule has 2 aromatic carbocycles. The van der Waals surface area contributed by atoms with Crippen LogP contribution in [-0.2, 0) is 27.2 Å². The number of aliphatic hydroxyl groups excluding tert-OH is 1. The summed E-state index contributed by atoms with van der Waals surface area (Å²) in [6.45, 7) is 4.04. The molecule has 8 rings (SSSR count). The fraction of sp³-hybridized carbons (Fsp3) is 0.333. The maximum atomic E-state index is 12.2. The Balaban J connectivity index is 0.000000219. The molecular formula is C45H48N6O10. The van der Waals surface area contributed by atoms with Crippen molar-refractivity contribution in [3.05, 3.63) is 94.3 Å². The van der Waals surface area contributed by atoms with Gasteiger partial charge in [-0.05, 0) is 66.6 Å². The molecule has 2 fully saturated rings. The van der Waals surface area contributed by atoms with Gasteiger partial charge in [-0.15, -0.1) is 0 Å². The van der Waals surface area contributed by atoms with Crippen LogP contribution in [0, 0.1) is 23.7 Å². The van der Waals surface area contributed by atoms with E-state index in [1.54, 1.807) is 69.6 Å². The van der Waals surface area contributed by atoms with Crippen molar-refractivity contribution in [2.75, 3.05) is 54.1 Å². The molecule has 4 aliphatic heterocycles. The van der Waals surface area contributed by atoms with Crippen molar-refractivity contribution < 1.29 is 48.7 Å². The Hall–Kier alpha value is -6.82. The molecule has 8 N–H and O–H groups in total. The van der Waals surface area contributed by atoms with Gasteiger partial charge in [-0.3, -0.25) is 14.4 Å². The molecule has 318 valence electrons. The van der Waals surface area contributed by atoms with E-state index in [1.165, 1.54) is 9.80 Å². The standard InChI is InChI=1S/C23H22N2O5.C21H19N3O4.CH4O.H3N/c1-3-29-21(26)19-6-4-5-18(24-19)17-14-15(13-16-8-12-30-20(16)17)7-9-23(28)10-11-25(2)22(23)27;1-24-9-8-21(27,20(24)26)7-5-13-11-14-6-10-28-18(14)15(12-13)16-3-2-4-17(23-16)19(22)25;1-2;/h4-6,13-14,28H,3,8,10-12H2,1-2H3;2-4,11-12,27H,6,8-10H2,1H3,(H2,22,25);2H,1H3;1H3/t23-;21-;;/m00../s1. The number of amides is 3. The second-order valence-corrected chi connectivity index (χ2v) is 14.3. The Morgan fingerprint density at radius 3 is 1.62 bits per heavy atom. The van der Waals surface area contributed by atoms with E-state index in [4.69, 9.17) is 25.1 Å². The number of ether oxygens (including phenoxy) is 3. The number of nitrogens with zero attached hydrogens (tertiary/aromatic N) is 4. The first-order chi connectivity index (χ1) is 28.8. The lowest BCUT2D eigenvalue weighted by Gasteiger charge is -2.13. The molecular weight excluding hydrogens is 785 g/mol. The summed E-state index contributed by atoms with van der Waals surface area (Å²) in [7, 11) is 4.29. The molecule has 4 aromatic rings. The third-order valence-electron chi connectivity index (χ3n) is 10.2. The summed E-state index contributed by atoms with van der Waals surface area (Å²) in [5.74, 6) is 10.9. The number of aliphatic hydroxyl groups is 3. The lowest BCUT2D eigenvalue weighted by atomic mass is 9.99. The number of hydrogen-bond acceptors (Lipinski definition) is 13. The SMILES string of the molecule is CCOC(=O)c1cccc(-c2cc(C#C[C@]3(O)CCN(C)C3=O)cc3c2OCC3)n1.CN1CC[C@@](O)(C#Cc2cc3c(c(-c4cccc(C(N)=O)n4)c2)OCC3)C1=O.CO.N. The number of carbonyl (C=O) groups excluding carboxylic acids is 4. The molecule has 0 spiro atoms. The van der Waals surface area contributed by atoms with Crippen molar-refractivity contribution in [1.82, 2.24) is 25.9 Å². The highest BCUT2D eigenvalue weighted by Gasteiger charge is 2.43. The smallest absolute Gasteiger partial charge is 0.356 e. The molecule has 6 heterocycles. The fourth-order valence-corrected chi connectivity index (χ4v) is 7.06. The van der Waals surface area contributed by atoms with Gasteiger partial charge in [0, 0.05) is 82.2 Å². The van der Waals surface area contributed by atoms with Gasteiger partial charge in [0.1, 0.15) is 22.9 Å². The van der Waals surface area contributed by atoms with E-state index in [1.807, 2.05) is 12.1 Å². The van der Waals surface area contributed by atoms with Crippen LogP contribution in [0.2, 0.25) is 0 Å². The summed E-state index contributed by atoms with van der Waals surface area (Å²) < 4.78 is 16.6. The average molecular weight is 833 g/mol. The van der Waals surface area contributed by atoms with Crippen LogP contribution in [-0.4, -0.2) is 124 Å². The summed E-state index contributed by atoms with van der Waals surface area (Å²) in [5, 5.41) is 28.1. The van der Waals surface area contributed by atoms with Gasteiger partial charge in [0.05, 0.1) is 31.2 Å². The van der Waals surface area contributed by atoms with E-state index in [9.17, 15) is 29.4 Å². The molecule has 2 atom stereocenters. The summed E-state index contributed by atoms with van der Waals surface area (Å²) >= 11 is 0. The Kier molecular flexibility index (Phi) is 14.1. The first-order valence-electron chi connectivity index (χ1n) is 19.3. The largest absolute Gasteiger partial charge is 0.492 e. The van der Waals surface area contributed by atoms with Gasteiger partial charge in [0.2, 0.25) is 11.2 Å². The Labute approximate surface area is 353 Å². The minimum Gasteiger partial charge on any atom is -0.492 e. The molecule has 16 nitrogen and oxygen atoms in total. The van der Waals surface area contributed by atoms with Crippen LogP contribution >= 0.6 is 0 Å². The number of benzene rings is 2. The molecule has 61 heavy (non-hydrogen) atoms. The van der Waals surface area contributed by atoms with Crippen LogP contribution in [0.1, 0.15) is 63.0 Å². The second kappa shape index (κ2) is 19.1. The molecule has 0 radical (unpaired) electrons. The maximum absolute atomic E-state index is 12.2. The van der Waals surface area contributed by atoms with Crippen LogP contribution < -0.4 is 21.4 Å².